The second-order valence-electron chi connectivity index (χ2n) is 4.85. The Labute approximate surface area is 135 Å². The Hall–Kier alpha value is 0.570. The summed E-state index contributed by atoms with van der Waals surface area (Å²) in [5.41, 5.74) is 0. The van der Waals surface area contributed by atoms with E-state index in [1.807, 2.05) is 6.92 Å². The number of hydrogen-bond donors (Lipinski definition) is 1. The monoisotopic (exact) mass is 429 g/mol. The van der Waals surface area contributed by atoms with Crippen LogP contribution in [0.5, 0.6) is 0 Å². The van der Waals surface area contributed by atoms with Crippen molar-refractivity contribution in [2.24, 2.45) is 0 Å². The molecule has 0 aliphatic heterocycles. The highest BCUT2D eigenvalue weighted by atomic mass is 79.9. The van der Waals surface area contributed by atoms with E-state index < -0.39 is 10.0 Å². The molecule has 1 aromatic heterocycles. The number of aryl methyl sites for hydroxylation is 1. The summed E-state index contributed by atoms with van der Waals surface area (Å²) >= 11 is 8.41. The first-order valence-electron chi connectivity index (χ1n) is 6.32. The fourth-order valence-corrected chi connectivity index (χ4v) is 6.98. The van der Waals surface area contributed by atoms with Crippen LogP contribution >= 0.6 is 43.2 Å². The van der Waals surface area contributed by atoms with E-state index >= 15 is 0 Å². The van der Waals surface area contributed by atoms with E-state index in [1.165, 1.54) is 17.8 Å². The predicted molar refractivity (Wildman–Crippen MR) is 86.7 cm³/mol. The minimum absolute atomic E-state index is 0.00873. The molecule has 0 saturated heterocycles. The summed E-state index contributed by atoms with van der Waals surface area (Å²) < 4.78 is 28.6. The van der Waals surface area contributed by atoms with E-state index in [0.29, 0.717) is 4.90 Å². The molecule has 1 heterocycles. The molecule has 1 saturated carbocycles. The average molecular weight is 431 g/mol. The minimum atomic E-state index is -3.42. The molecule has 3 nitrogen and oxygen atoms in total. The van der Waals surface area contributed by atoms with Gasteiger partial charge in [0.15, 0.2) is 0 Å². The van der Waals surface area contributed by atoms with E-state index in [9.17, 15) is 8.42 Å². The van der Waals surface area contributed by atoms with Gasteiger partial charge < -0.3 is 0 Å². The third kappa shape index (κ3) is 4.03. The Kier molecular flexibility index (Phi) is 5.50. The standard InChI is InChI=1S/C12H17Br2NO2S2/c1-8-11(7-12(14)18-8)19(16,17)15-10-6-4-2-3-5-9(10)13/h7,9-10,15H,2-6H2,1H3. The van der Waals surface area contributed by atoms with Crippen molar-refractivity contribution in [3.63, 3.8) is 0 Å². The van der Waals surface area contributed by atoms with Gasteiger partial charge in [-0.1, -0.05) is 35.2 Å². The molecular weight excluding hydrogens is 414 g/mol. The second-order valence-corrected chi connectivity index (χ2v) is 10.3. The van der Waals surface area contributed by atoms with Gasteiger partial charge in [-0.3, -0.25) is 0 Å². The summed E-state index contributed by atoms with van der Waals surface area (Å²) in [7, 11) is -3.42. The first-order chi connectivity index (χ1) is 8.90. The molecule has 2 rings (SSSR count). The zero-order valence-electron chi connectivity index (χ0n) is 10.7. The van der Waals surface area contributed by atoms with Crippen LogP contribution in [0, 0.1) is 6.92 Å². The van der Waals surface area contributed by atoms with Gasteiger partial charge in [0.1, 0.15) is 0 Å². The molecule has 2 unspecified atom stereocenters. The van der Waals surface area contributed by atoms with Crippen molar-refractivity contribution in [1.29, 1.82) is 0 Å². The molecule has 2 atom stereocenters. The van der Waals surface area contributed by atoms with Crippen LogP contribution in [0.4, 0.5) is 0 Å². The van der Waals surface area contributed by atoms with E-state index in [4.69, 9.17) is 0 Å². The van der Waals surface area contributed by atoms with Gasteiger partial charge in [-0.25, -0.2) is 13.1 Å². The molecule has 0 spiro atoms. The summed E-state index contributed by atoms with van der Waals surface area (Å²) in [5.74, 6) is 0. The fraction of sp³-hybridized carbons (Fsp3) is 0.667. The molecule has 1 fully saturated rings. The quantitative estimate of drug-likeness (QED) is 0.577. The molecule has 0 bridgehead atoms. The van der Waals surface area contributed by atoms with Crippen molar-refractivity contribution >= 4 is 53.2 Å². The van der Waals surface area contributed by atoms with Gasteiger partial charge >= 0.3 is 0 Å². The highest BCUT2D eigenvalue weighted by Gasteiger charge is 2.28. The Morgan fingerprint density at radius 2 is 2.00 bits per heavy atom. The zero-order chi connectivity index (χ0) is 14.0. The smallest absolute Gasteiger partial charge is 0.207 e. The lowest BCUT2D eigenvalue weighted by molar-refractivity contribution is 0.521. The van der Waals surface area contributed by atoms with Crippen molar-refractivity contribution in [2.45, 2.75) is 54.8 Å². The minimum Gasteiger partial charge on any atom is -0.207 e. The molecule has 1 N–H and O–H groups in total. The number of thiophene rings is 1. The lowest BCUT2D eigenvalue weighted by Gasteiger charge is -2.21. The highest BCUT2D eigenvalue weighted by Crippen LogP contribution is 2.31. The van der Waals surface area contributed by atoms with Crippen LogP contribution in [0.3, 0.4) is 0 Å². The van der Waals surface area contributed by atoms with Crippen LogP contribution in [-0.4, -0.2) is 19.3 Å². The number of hydrogen-bond acceptors (Lipinski definition) is 3. The SMILES string of the molecule is Cc1sc(Br)cc1S(=O)(=O)NC1CCCCCC1Br. The maximum Gasteiger partial charge on any atom is 0.241 e. The van der Waals surface area contributed by atoms with Crippen LogP contribution < -0.4 is 4.72 Å². The summed E-state index contributed by atoms with van der Waals surface area (Å²) in [6.07, 6.45) is 5.36. The summed E-state index contributed by atoms with van der Waals surface area (Å²) in [4.78, 5) is 1.44. The molecule has 108 valence electrons. The van der Waals surface area contributed by atoms with Crippen molar-refractivity contribution in [3.8, 4) is 0 Å². The molecule has 19 heavy (non-hydrogen) atoms. The number of nitrogens with one attached hydrogen (secondary N) is 1. The molecule has 1 aliphatic carbocycles. The maximum atomic E-state index is 12.4. The van der Waals surface area contributed by atoms with Gasteiger partial charge in [-0.2, -0.15) is 0 Å². The van der Waals surface area contributed by atoms with Gasteiger partial charge in [-0.15, -0.1) is 11.3 Å². The Bertz CT molecular complexity index is 542. The number of rotatable bonds is 3. The third-order valence-corrected chi connectivity index (χ3v) is 7.76. The summed E-state index contributed by atoms with van der Waals surface area (Å²) in [5, 5.41) is 0. The first-order valence-corrected chi connectivity index (χ1v) is 10.3. The van der Waals surface area contributed by atoms with E-state index in [-0.39, 0.29) is 10.9 Å². The normalized spacial score (nSPS) is 25.2. The van der Waals surface area contributed by atoms with E-state index in [0.717, 1.165) is 34.3 Å². The molecule has 1 aliphatic rings. The van der Waals surface area contributed by atoms with Gasteiger partial charge in [0.05, 0.1) is 8.68 Å². The van der Waals surface area contributed by atoms with Crippen molar-refractivity contribution in [3.05, 3.63) is 14.7 Å². The lowest BCUT2D eigenvalue weighted by Crippen LogP contribution is -2.40. The topological polar surface area (TPSA) is 46.2 Å². The molecule has 7 heteroatoms. The number of sulfonamides is 1. The molecule has 0 amide bonds. The zero-order valence-corrected chi connectivity index (χ0v) is 15.5. The Balaban J connectivity index is 2.18. The summed E-state index contributed by atoms with van der Waals surface area (Å²) in [6, 6.07) is 1.67. The largest absolute Gasteiger partial charge is 0.241 e. The molecule has 0 radical (unpaired) electrons. The molecule has 0 aromatic carbocycles. The Morgan fingerprint density at radius 1 is 1.32 bits per heavy atom. The molecule has 1 aromatic rings. The van der Waals surface area contributed by atoms with Crippen LogP contribution in [0.1, 0.15) is 37.0 Å². The first kappa shape index (κ1) is 15.9. The average Bonchev–Trinajstić information content (AvgIpc) is 2.54. The van der Waals surface area contributed by atoms with E-state index in [2.05, 4.69) is 36.6 Å². The fourth-order valence-electron chi connectivity index (χ4n) is 2.36. The lowest BCUT2D eigenvalue weighted by atomic mass is 10.1. The van der Waals surface area contributed by atoms with Crippen LogP contribution in [0.25, 0.3) is 0 Å². The van der Waals surface area contributed by atoms with Gasteiger partial charge in [0.25, 0.3) is 0 Å². The van der Waals surface area contributed by atoms with Crippen molar-refractivity contribution < 1.29 is 8.42 Å². The van der Waals surface area contributed by atoms with E-state index in [1.54, 1.807) is 6.07 Å². The van der Waals surface area contributed by atoms with Gasteiger partial charge in [0.2, 0.25) is 10.0 Å². The van der Waals surface area contributed by atoms with Crippen LogP contribution in [0.15, 0.2) is 14.7 Å². The van der Waals surface area contributed by atoms with Crippen molar-refractivity contribution in [2.75, 3.05) is 0 Å². The number of halogens is 2. The number of alkyl halides is 1. The van der Waals surface area contributed by atoms with Crippen molar-refractivity contribution in [1.82, 2.24) is 4.72 Å². The predicted octanol–water partition coefficient (Wildman–Crippen LogP) is 4.19. The van der Waals surface area contributed by atoms with Crippen LogP contribution in [0.2, 0.25) is 0 Å². The van der Waals surface area contributed by atoms with Gasteiger partial charge in [-0.05, 0) is 41.8 Å². The molecular formula is C12H17Br2NO2S2. The highest BCUT2D eigenvalue weighted by molar-refractivity contribution is 9.11. The summed E-state index contributed by atoms with van der Waals surface area (Å²) in [6.45, 7) is 1.84. The second kappa shape index (κ2) is 6.56. The third-order valence-electron chi connectivity index (χ3n) is 3.37. The maximum absolute atomic E-state index is 12.4. The van der Waals surface area contributed by atoms with Crippen LogP contribution in [-0.2, 0) is 10.0 Å². The van der Waals surface area contributed by atoms with Gasteiger partial charge in [0, 0.05) is 15.7 Å². The Morgan fingerprint density at radius 3 is 2.63 bits per heavy atom.